The fraction of sp³-hybridized carbons (Fsp3) is 0.233. The molecule has 8 rings (SSSR count). The minimum atomic E-state index is 0.0888. The van der Waals surface area contributed by atoms with E-state index in [1.165, 1.54) is 88.7 Å². The maximum Gasteiger partial charge on any atom is 0.0159 e. The normalized spacial score (nSPS) is 12.0. The Bertz CT molecular complexity index is 2440. The van der Waals surface area contributed by atoms with Crippen LogP contribution in [-0.2, 0) is 11.8 Å². The lowest BCUT2D eigenvalue weighted by molar-refractivity contribution is 0.659. The van der Waals surface area contributed by atoms with Crippen molar-refractivity contribution in [3.05, 3.63) is 244 Å². The van der Waals surface area contributed by atoms with Crippen LogP contribution in [0.25, 0.3) is 27.5 Å². The summed E-state index contributed by atoms with van der Waals surface area (Å²) < 4.78 is 0. The molecule has 0 spiro atoms. The van der Waals surface area contributed by atoms with Gasteiger partial charge >= 0.3 is 0 Å². The van der Waals surface area contributed by atoms with E-state index < -0.39 is 0 Å². The lowest BCUT2D eigenvalue weighted by Gasteiger charge is -2.22. The second-order valence-corrected chi connectivity index (χ2v) is 16.7. The molecule has 1 aliphatic rings. The zero-order valence-electron chi connectivity index (χ0n) is 38.4. The number of hydrogen-bond donors (Lipinski definition) is 0. The molecule has 0 radical (unpaired) electrons. The molecule has 0 aromatic heterocycles. The Morgan fingerprint density at radius 3 is 1.57 bits per heavy atom. The summed E-state index contributed by atoms with van der Waals surface area (Å²) in [6.45, 7) is 31.9. The van der Waals surface area contributed by atoms with Crippen LogP contribution in [0.5, 0.6) is 0 Å². The third-order valence-corrected chi connectivity index (χ3v) is 11.4. The van der Waals surface area contributed by atoms with Crippen LogP contribution >= 0.6 is 0 Å². The van der Waals surface area contributed by atoms with Crippen molar-refractivity contribution in [2.24, 2.45) is 0 Å². The Labute approximate surface area is 364 Å². The molecule has 0 unspecified atom stereocenters. The Morgan fingerprint density at radius 2 is 1.10 bits per heavy atom. The average molecular weight is 789 g/mol. The van der Waals surface area contributed by atoms with E-state index in [1.54, 1.807) is 0 Å². The summed E-state index contributed by atoms with van der Waals surface area (Å²) in [7, 11) is 0. The van der Waals surface area contributed by atoms with Crippen LogP contribution in [0, 0.1) is 34.6 Å². The predicted molar refractivity (Wildman–Crippen MR) is 267 cm³/mol. The molecule has 7 aromatic rings. The van der Waals surface area contributed by atoms with Crippen LogP contribution in [0.3, 0.4) is 0 Å². The van der Waals surface area contributed by atoms with E-state index in [1.807, 2.05) is 54.6 Å². The van der Waals surface area contributed by atoms with Gasteiger partial charge in [0.2, 0.25) is 0 Å². The molecule has 0 nitrogen and oxygen atoms in total. The van der Waals surface area contributed by atoms with Gasteiger partial charge in [0.25, 0.3) is 0 Å². The van der Waals surface area contributed by atoms with E-state index >= 15 is 0 Å². The number of fused-ring (bicyclic) bond motifs is 5. The fourth-order valence-electron chi connectivity index (χ4n) is 7.82. The first-order valence-electron chi connectivity index (χ1n) is 21.5. The quantitative estimate of drug-likeness (QED) is 0.152. The summed E-state index contributed by atoms with van der Waals surface area (Å²) in [4.78, 5) is 0. The molecular weight excluding hydrogens is 721 g/mol. The molecule has 1 aliphatic carbocycles. The Morgan fingerprint density at radius 1 is 0.567 bits per heavy atom. The number of aryl methyl sites for hydroxylation is 5. The first-order chi connectivity index (χ1) is 28.7. The van der Waals surface area contributed by atoms with Crippen LogP contribution in [0.15, 0.2) is 189 Å². The minimum absolute atomic E-state index is 0.0888. The van der Waals surface area contributed by atoms with Crippen molar-refractivity contribution in [2.45, 2.75) is 93.9 Å². The smallest absolute Gasteiger partial charge is 0.0159 e. The van der Waals surface area contributed by atoms with Crippen LogP contribution in [0.4, 0.5) is 0 Å². The molecule has 0 amide bonds. The van der Waals surface area contributed by atoms with Crippen LogP contribution < -0.4 is 0 Å². The number of allylic oxidation sites excluding steroid dienone is 4. The summed E-state index contributed by atoms with van der Waals surface area (Å²) in [5.41, 5.74) is 19.0. The van der Waals surface area contributed by atoms with E-state index in [4.69, 9.17) is 0 Å². The lowest BCUT2D eigenvalue weighted by atomic mass is 9.81. The van der Waals surface area contributed by atoms with Gasteiger partial charge in [0.15, 0.2) is 0 Å². The van der Waals surface area contributed by atoms with E-state index in [0.29, 0.717) is 5.92 Å². The largest absolute Gasteiger partial charge is 0.0988 e. The molecule has 0 atom stereocenters. The monoisotopic (exact) mass is 789 g/mol. The molecule has 0 heterocycles. The van der Waals surface area contributed by atoms with Gasteiger partial charge in [-0.15, -0.1) is 0 Å². The summed E-state index contributed by atoms with van der Waals surface area (Å²) >= 11 is 0. The lowest BCUT2D eigenvalue weighted by Crippen LogP contribution is -2.15. The molecule has 0 N–H and O–H groups in total. The van der Waals surface area contributed by atoms with Gasteiger partial charge in [-0.2, -0.15) is 0 Å². The highest BCUT2D eigenvalue weighted by Gasteiger charge is 2.36. The van der Waals surface area contributed by atoms with E-state index in [0.717, 1.165) is 6.42 Å². The number of rotatable bonds is 5. The van der Waals surface area contributed by atoms with E-state index in [9.17, 15) is 0 Å². The zero-order chi connectivity index (χ0) is 43.8. The van der Waals surface area contributed by atoms with Crippen molar-refractivity contribution in [1.29, 1.82) is 0 Å². The van der Waals surface area contributed by atoms with Gasteiger partial charge in [0.1, 0.15) is 0 Å². The van der Waals surface area contributed by atoms with Crippen molar-refractivity contribution in [3.63, 3.8) is 0 Å². The highest BCUT2D eigenvalue weighted by Crippen LogP contribution is 2.52. The summed E-state index contributed by atoms with van der Waals surface area (Å²) in [5.74, 6) is 0.546. The maximum absolute atomic E-state index is 3.92. The minimum Gasteiger partial charge on any atom is -0.0988 e. The molecule has 0 bridgehead atoms. The van der Waals surface area contributed by atoms with Crippen molar-refractivity contribution >= 4 is 16.3 Å². The third kappa shape index (κ3) is 12.0. The zero-order valence-corrected chi connectivity index (χ0v) is 38.4. The van der Waals surface area contributed by atoms with E-state index in [-0.39, 0.29) is 5.41 Å². The summed E-state index contributed by atoms with van der Waals surface area (Å²) in [6.07, 6.45) is 4.95. The maximum atomic E-state index is 3.92. The van der Waals surface area contributed by atoms with Crippen LogP contribution in [0.1, 0.15) is 103 Å². The predicted octanol–water partition coefficient (Wildman–Crippen LogP) is 17.3. The van der Waals surface area contributed by atoms with Gasteiger partial charge in [-0.1, -0.05) is 234 Å². The standard InChI is InChI=1S/C21H20.C17H22.C8H10.2C7H8/c1-13-9-10-17-18(11-13)21(3,4)19-12-14(2)15-7-5-6-8-16(15)20(17)19;1-7-13(5)15(8-2)17-11-9-10-16(12(3)4)14(17)6;1-2-8-6-4-3-5-7-8;2*1-7-5-3-2-4-6-7/h5-12H,1-4H3;7-12H,1-2H2,3-6H3;3-7H,2H2,1H3;2*2-6H,1H3/b;15-13+;;;. The Hall–Kier alpha value is -5.98. The fourth-order valence-corrected chi connectivity index (χ4v) is 7.82. The molecule has 0 heteroatoms. The Balaban J connectivity index is 0.000000180. The molecule has 60 heavy (non-hydrogen) atoms. The second-order valence-electron chi connectivity index (χ2n) is 16.7. The van der Waals surface area contributed by atoms with Gasteiger partial charge in [-0.25, -0.2) is 0 Å². The average Bonchev–Trinajstić information content (AvgIpc) is 3.48. The highest BCUT2D eigenvalue weighted by molar-refractivity contribution is 6.03. The van der Waals surface area contributed by atoms with Gasteiger partial charge in [-0.3, -0.25) is 0 Å². The van der Waals surface area contributed by atoms with Crippen molar-refractivity contribution in [3.8, 4) is 11.1 Å². The summed E-state index contributed by atoms with van der Waals surface area (Å²) in [6, 6.07) is 55.6. The third-order valence-electron chi connectivity index (χ3n) is 11.4. The second kappa shape index (κ2) is 22.4. The molecule has 7 aromatic carbocycles. The number of benzene rings is 7. The van der Waals surface area contributed by atoms with Crippen LogP contribution in [0.2, 0.25) is 0 Å². The molecule has 0 aliphatic heterocycles. The SMILES string of the molecule is C=C/C(C)=C(\C=C)c1cccc(C(C)C)c1C.CCc1ccccc1.Cc1ccc2c(c1)C(C)(C)c1cc(C)c3ccccc3c1-2.Cc1ccccc1.Cc1ccccc1. The molecule has 0 fully saturated rings. The van der Waals surface area contributed by atoms with Gasteiger partial charge in [0, 0.05) is 5.41 Å². The van der Waals surface area contributed by atoms with Crippen molar-refractivity contribution < 1.29 is 0 Å². The van der Waals surface area contributed by atoms with Gasteiger partial charge in [-0.05, 0) is 126 Å². The molecule has 0 saturated carbocycles. The van der Waals surface area contributed by atoms with E-state index in [2.05, 4.69) is 205 Å². The Kier molecular flexibility index (Phi) is 17.4. The first-order valence-corrected chi connectivity index (χ1v) is 21.5. The topological polar surface area (TPSA) is 0 Å². The van der Waals surface area contributed by atoms with Gasteiger partial charge < -0.3 is 0 Å². The van der Waals surface area contributed by atoms with Crippen LogP contribution in [-0.4, -0.2) is 0 Å². The highest BCUT2D eigenvalue weighted by atomic mass is 14.4. The molecule has 0 saturated heterocycles. The van der Waals surface area contributed by atoms with Crippen molar-refractivity contribution in [2.75, 3.05) is 0 Å². The summed E-state index contributed by atoms with van der Waals surface area (Å²) in [5, 5.41) is 2.77. The number of hydrogen-bond acceptors (Lipinski definition) is 0. The first kappa shape index (κ1) is 46.7. The molecule has 308 valence electrons. The van der Waals surface area contributed by atoms with Crippen molar-refractivity contribution in [1.82, 2.24) is 0 Å². The molecular formula is C60H68. The van der Waals surface area contributed by atoms with Gasteiger partial charge in [0.05, 0.1) is 0 Å².